The van der Waals surface area contributed by atoms with Gasteiger partial charge in [0.1, 0.15) is 12.1 Å². The van der Waals surface area contributed by atoms with E-state index in [2.05, 4.69) is 53.8 Å². The minimum absolute atomic E-state index is 0.0781. The number of likely N-dealkylation sites (tertiary alicyclic amines) is 1. The number of benzene rings is 1. The number of carbonyl (C=O) groups excluding carboxylic acids is 5. The van der Waals surface area contributed by atoms with Crippen molar-refractivity contribution in [1.29, 1.82) is 0 Å². The van der Waals surface area contributed by atoms with Crippen LogP contribution in [0.5, 0.6) is 0 Å². The van der Waals surface area contributed by atoms with E-state index in [-0.39, 0.29) is 47.2 Å². The SMILES string of the molecule is C=CCNC(=O)C(=O)C(CCC)NC(=O)[C@@H]1C2C(CN1C(=O)[C@@H](NC(=O)NC13CC4CC(CC(C4)C1)C3)C1Cc3ccccc3C1)C2(C)C. The average molecular weight is 672 g/mol. The van der Waals surface area contributed by atoms with Crippen molar-refractivity contribution in [3.8, 4) is 0 Å². The zero-order chi connectivity index (χ0) is 34.7. The van der Waals surface area contributed by atoms with E-state index >= 15 is 0 Å². The summed E-state index contributed by atoms with van der Waals surface area (Å²) in [4.78, 5) is 70.3. The maximum atomic E-state index is 14.8. The summed E-state index contributed by atoms with van der Waals surface area (Å²) in [6.07, 6.45) is 10.6. The van der Waals surface area contributed by atoms with E-state index < -0.39 is 35.7 Å². The zero-order valence-electron chi connectivity index (χ0n) is 29.3. The van der Waals surface area contributed by atoms with Crippen molar-refractivity contribution in [1.82, 2.24) is 26.2 Å². The van der Waals surface area contributed by atoms with E-state index in [9.17, 15) is 24.0 Å². The number of nitrogens with zero attached hydrogens (tertiary/aromatic N) is 1. The molecule has 10 heteroatoms. The largest absolute Gasteiger partial charge is 0.346 e. The highest BCUT2D eigenvalue weighted by molar-refractivity contribution is 6.38. The van der Waals surface area contributed by atoms with Crippen molar-refractivity contribution < 1.29 is 24.0 Å². The van der Waals surface area contributed by atoms with Crippen LogP contribution in [-0.2, 0) is 32.0 Å². The van der Waals surface area contributed by atoms with Crippen LogP contribution in [0.15, 0.2) is 36.9 Å². The zero-order valence-corrected chi connectivity index (χ0v) is 29.3. The van der Waals surface area contributed by atoms with Crippen LogP contribution in [0, 0.1) is 40.9 Å². The highest BCUT2D eigenvalue weighted by Gasteiger charge is 2.70. The van der Waals surface area contributed by atoms with Crippen molar-refractivity contribution in [2.45, 2.75) is 109 Å². The lowest BCUT2D eigenvalue weighted by Gasteiger charge is -2.56. The van der Waals surface area contributed by atoms with E-state index in [4.69, 9.17) is 0 Å². The van der Waals surface area contributed by atoms with E-state index in [1.54, 1.807) is 4.90 Å². The maximum Gasteiger partial charge on any atom is 0.315 e. The lowest BCUT2D eigenvalue weighted by atomic mass is 9.53. The standard InChI is InChI=1S/C39H53N5O5/c1-5-9-29(33(45)35(47)40-12-6-2)41-34(46)32-30-28(38(30,3)4)21-44(32)36(48)31(27-16-25-10-7-8-11-26(25)17-27)42-37(49)43-39-18-22-13-23(19-39)15-24(14-22)20-39/h6-8,10-11,22-24,27-32H,2,5,9,12-21H2,1,3-4H3,(H,40,47)(H,41,46)(H2,42,43,49)/t22?,23?,24?,28?,29?,30?,31-,32-,39?/m0/s1. The van der Waals surface area contributed by atoms with Gasteiger partial charge in [-0.25, -0.2) is 4.79 Å². The summed E-state index contributed by atoms with van der Waals surface area (Å²) >= 11 is 0. The van der Waals surface area contributed by atoms with Gasteiger partial charge in [-0.05, 0) is 110 Å². The summed E-state index contributed by atoms with van der Waals surface area (Å²) < 4.78 is 0. The lowest BCUT2D eigenvalue weighted by molar-refractivity contribution is -0.144. The van der Waals surface area contributed by atoms with Crippen LogP contribution in [0.3, 0.4) is 0 Å². The van der Waals surface area contributed by atoms with Gasteiger partial charge in [0.15, 0.2) is 0 Å². The number of amides is 5. The van der Waals surface area contributed by atoms with Gasteiger partial charge in [0.25, 0.3) is 5.91 Å². The molecule has 4 N–H and O–H groups in total. The molecule has 264 valence electrons. The Morgan fingerprint density at radius 1 is 0.959 bits per heavy atom. The first kappa shape index (κ1) is 33.8. The third kappa shape index (κ3) is 6.29. The minimum atomic E-state index is -0.996. The smallest absolute Gasteiger partial charge is 0.315 e. The van der Waals surface area contributed by atoms with Crippen LogP contribution in [0.4, 0.5) is 4.79 Å². The third-order valence-corrected chi connectivity index (χ3v) is 13.1. The summed E-state index contributed by atoms with van der Waals surface area (Å²) in [7, 11) is 0. The van der Waals surface area contributed by atoms with Gasteiger partial charge in [-0.3, -0.25) is 19.2 Å². The molecule has 49 heavy (non-hydrogen) atoms. The van der Waals surface area contributed by atoms with E-state index in [0.717, 1.165) is 19.3 Å². The van der Waals surface area contributed by atoms with Crippen LogP contribution < -0.4 is 21.3 Å². The summed E-state index contributed by atoms with van der Waals surface area (Å²) in [5.41, 5.74) is 2.02. The van der Waals surface area contributed by atoms with Crippen molar-refractivity contribution in [2.24, 2.45) is 40.9 Å². The second kappa shape index (κ2) is 12.9. The second-order valence-corrected chi connectivity index (χ2v) is 16.8. The number of piperidine rings is 1. The number of nitrogens with one attached hydrogen (secondary N) is 4. The van der Waals surface area contributed by atoms with Crippen molar-refractivity contribution in [2.75, 3.05) is 13.1 Å². The maximum absolute atomic E-state index is 14.8. The molecule has 7 aliphatic rings. The molecule has 5 saturated carbocycles. The van der Waals surface area contributed by atoms with Crippen LogP contribution in [0.2, 0.25) is 0 Å². The molecule has 8 rings (SSSR count). The van der Waals surface area contributed by atoms with E-state index in [0.29, 0.717) is 50.0 Å². The highest BCUT2D eigenvalue weighted by atomic mass is 16.2. The molecule has 1 aliphatic heterocycles. The molecule has 4 bridgehead atoms. The monoisotopic (exact) mass is 671 g/mol. The number of fused-ring (bicyclic) bond motifs is 2. The summed E-state index contributed by atoms with van der Waals surface area (Å²) in [5, 5.41) is 12.0. The molecule has 1 saturated heterocycles. The fraction of sp³-hybridized carbons (Fsp3) is 0.667. The molecule has 6 fully saturated rings. The van der Waals surface area contributed by atoms with Gasteiger partial charge in [-0.15, -0.1) is 6.58 Å². The Kier molecular flexibility index (Phi) is 8.89. The van der Waals surface area contributed by atoms with Gasteiger partial charge in [-0.1, -0.05) is 57.5 Å². The number of ketones is 1. The fourth-order valence-corrected chi connectivity index (χ4v) is 11.1. The molecule has 0 spiro atoms. The van der Waals surface area contributed by atoms with Gasteiger partial charge >= 0.3 is 6.03 Å². The van der Waals surface area contributed by atoms with Crippen LogP contribution in [0.1, 0.15) is 83.3 Å². The molecule has 0 aromatic heterocycles. The molecular formula is C39H53N5O5. The highest BCUT2D eigenvalue weighted by Crippen LogP contribution is 2.65. The molecule has 1 heterocycles. The number of hydrogen-bond donors (Lipinski definition) is 4. The fourth-order valence-electron chi connectivity index (χ4n) is 11.1. The topological polar surface area (TPSA) is 137 Å². The Balaban J connectivity index is 1.12. The van der Waals surface area contributed by atoms with Gasteiger partial charge in [0, 0.05) is 18.6 Å². The quantitative estimate of drug-likeness (QED) is 0.199. The second-order valence-electron chi connectivity index (χ2n) is 16.8. The molecule has 5 amide bonds. The van der Waals surface area contributed by atoms with Crippen molar-refractivity contribution in [3.63, 3.8) is 0 Å². The predicted molar refractivity (Wildman–Crippen MR) is 185 cm³/mol. The summed E-state index contributed by atoms with van der Waals surface area (Å²) in [5.74, 6) is -0.219. The Morgan fingerprint density at radius 3 is 2.14 bits per heavy atom. The molecule has 1 aromatic rings. The van der Waals surface area contributed by atoms with Gasteiger partial charge in [0.05, 0.1) is 6.04 Å². The molecule has 5 atom stereocenters. The molecule has 6 aliphatic carbocycles. The molecule has 1 aromatic carbocycles. The number of hydrogen-bond acceptors (Lipinski definition) is 5. The Bertz CT molecular complexity index is 1480. The van der Waals surface area contributed by atoms with Crippen molar-refractivity contribution in [3.05, 3.63) is 48.0 Å². The van der Waals surface area contributed by atoms with Crippen LogP contribution in [0.25, 0.3) is 0 Å². The summed E-state index contributed by atoms with van der Waals surface area (Å²) in [6, 6.07) is 5.30. The van der Waals surface area contributed by atoms with Crippen LogP contribution >= 0.6 is 0 Å². The number of Topliss-reactive ketones (excluding diaryl/α,β-unsaturated/α-hetero) is 1. The molecule has 3 unspecified atom stereocenters. The van der Waals surface area contributed by atoms with Crippen molar-refractivity contribution >= 4 is 29.5 Å². The van der Waals surface area contributed by atoms with E-state index in [1.807, 2.05) is 19.1 Å². The normalized spacial score (nSPS) is 32.8. The van der Waals surface area contributed by atoms with E-state index in [1.165, 1.54) is 36.5 Å². The number of urea groups is 1. The van der Waals surface area contributed by atoms with Gasteiger partial charge in [-0.2, -0.15) is 0 Å². The first-order valence-electron chi connectivity index (χ1n) is 18.6. The minimum Gasteiger partial charge on any atom is -0.346 e. The Hall–Kier alpha value is -3.69. The summed E-state index contributed by atoms with van der Waals surface area (Å²) in [6.45, 7) is 10.3. The molecule has 0 radical (unpaired) electrons. The molecule has 10 nitrogen and oxygen atoms in total. The van der Waals surface area contributed by atoms with Gasteiger partial charge < -0.3 is 26.2 Å². The third-order valence-electron chi connectivity index (χ3n) is 13.1. The number of carbonyl (C=O) groups is 5. The Labute approximate surface area is 290 Å². The molecular weight excluding hydrogens is 618 g/mol. The first-order valence-corrected chi connectivity index (χ1v) is 18.6. The number of rotatable bonds is 12. The predicted octanol–water partition coefficient (Wildman–Crippen LogP) is 3.68. The van der Waals surface area contributed by atoms with Gasteiger partial charge in [0.2, 0.25) is 17.6 Å². The Morgan fingerprint density at radius 2 is 1.57 bits per heavy atom. The van der Waals surface area contributed by atoms with Crippen LogP contribution in [-0.4, -0.2) is 71.2 Å². The lowest BCUT2D eigenvalue weighted by Crippen LogP contribution is -2.64. The first-order chi connectivity index (χ1) is 23.4. The average Bonchev–Trinajstić information content (AvgIpc) is 3.41.